The Morgan fingerprint density at radius 3 is 2.57 bits per heavy atom. The van der Waals surface area contributed by atoms with Gasteiger partial charge >= 0.3 is 5.69 Å². The fraction of sp³-hybridized carbons (Fsp3) is 0.250. The van der Waals surface area contributed by atoms with Gasteiger partial charge in [-0.1, -0.05) is 0 Å². The molecule has 0 bridgehead atoms. The van der Waals surface area contributed by atoms with Gasteiger partial charge in [0.1, 0.15) is 5.82 Å². The van der Waals surface area contributed by atoms with Gasteiger partial charge in [0.05, 0.1) is 22.3 Å². The molecule has 146 valence electrons. The highest BCUT2D eigenvalue weighted by molar-refractivity contribution is 6.07. The summed E-state index contributed by atoms with van der Waals surface area (Å²) in [5.74, 6) is -0.965. The van der Waals surface area contributed by atoms with Gasteiger partial charge in [-0.25, -0.2) is 9.18 Å². The number of carbonyl (C=O) groups is 1. The Kier molecular flexibility index (Phi) is 5.30. The number of aromatic nitrogens is 2. The number of fused-ring (bicyclic) bond motifs is 1. The fourth-order valence-corrected chi connectivity index (χ4v) is 2.93. The van der Waals surface area contributed by atoms with Crippen molar-refractivity contribution in [2.24, 2.45) is 0 Å². The number of hydrogen-bond donors (Lipinski definition) is 3. The first-order valence-electron chi connectivity index (χ1n) is 8.94. The molecule has 3 N–H and O–H groups in total. The summed E-state index contributed by atoms with van der Waals surface area (Å²) < 4.78 is 14.7. The average Bonchev–Trinajstić information content (AvgIpc) is 2.63. The summed E-state index contributed by atoms with van der Waals surface area (Å²) in [6.45, 7) is 5.80. The van der Waals surface area contributed by atoms with E-state index in [4.69, 9.17) is 0 Å². The van der Waals surface area contributed by atoms with Crippen molar-refractivity contribution < 1.29 is 9.18 Å². The van der Waals surface area contributed by atoms with Crippen LogP contribution in [0.3, 0.4) is 0 Å². The summed E-state index contributed by atoms with van der Waals surface area (Å²) in [6, 6.07) is 8.59. The van der Waals surface area contributed by atoms with Gasteiger partial charge in [-0.15, -0.1) is 0 Å². The molecule has 3 aromatic rings. The minimum Gasteiger partial charge on any atom is -0.381 e. The van der Waals surface area contributed by atoms with E-state index < -0.39 is 23.0 Å². The summed E-state index contributed by atoms with van der Waals surface area (Å²) >= 11 is 0. The number of benzene rings is 2. The van der Waals surface area contributed by atoms with Gasteiger partial charge in [0.15, 0.2) is 0 Å². The molecule has 1 heterocycles. The van der Waals surface area contributed by atoms with Gasteiger partial charge in [0.2, 0.25) is 0 Å². The Morgan fingerprint density at radius 1 is 1.14 bits per heavy atom. The lowest BCUT2D eigenvalue weighted by atomic mass is 10.1. The summed E-state index contributed by atoms with van der Waals surface area (Å²) in [5, 5.41) is 6.13. The van der Waals surface area contributed by atoms with Crippen molar-refractivity contribution >= 4 is 28.2 Å². The first-order chi connectivity index (χ1) is 13.3. The standard InChI is InChI=1S/C20H21FN4O3/c1-4-25-19(27)14-7-5-12(9-16(14)24-20(25)28)18(26)23-17-10-13(21)6-8-15(17)22-11(2)3/h5-11,22H,4H2,1-3H3,(H,23,26)(H,24,28). The van der Waals surface area contributed by atoms with Gasteiger partial charge < -0.3 is 15.6 Å². The van der Waals surface area contributed by atoms with Crippen LogP contribution in [0.1, 0.15) is 31.1 Å². The van der Waals surface area contributed by atoms with Crippen molar-refractivity contribution in [3.8, 4) is 0 Å². The van der Waals surface area contributed by atoms with E-state index in [2.05, 4.69) is 15.6 Å². The summed E-state index contributed by atoms with van der Waals surface area (Å²) in [4.78, 5) is 39.6. The number of nitrogens with zero attached hydrogens (tertiary/aromatic N) is 1. The molecule has 0 saturated heterocycles. The van der Waals surface area contributed by atoms with Crippen LogP contribution in [0, 0.1) is 5.82 Å². The molecule has 1 amide bonds. The Bertz CT molecular complexity index is 1160. The Labute approximate surface area is 160 Å². The van der Waals surface area contributed by atoms with E-state index in [9.17, 15) is 18.8 Å². The number of carbonyl (C=O) groups excluding carboxylic acids is 1. The lowest BCUT2D eigenvalue weighted by Gasteiger charge is -2.16. The van der Waals surface area contributed by atoms with Crippen LogP contribution in [-0.4, -0.2) is 21.5 Å². The molecule has 2 aromatic carbocycles. The highest BCUT2D eigenvalue weighted by atomic mass is 19.1. The SMILES string of the molecule is CCn1c(=O)[nH]c2cc(C(=O)Nc3cc(F)ccc3NC(C)C)ccc2c1=O. The van der Waals surface area contributed by atoms with Crippen molar-refractivity contribution in [2.45, 2.75) is 33.4 Å². The maximum absolute atomic E-state index is 13.7. The maximum Gasteiger partial charge on any atom is 0.328 e. The number of hydrogen-bond acceptors (Lipinski definition) is 4. The zero-order valence-corrected chi connectivity index (χ0v) is 15.8. The van der Waals surface area contributed by atoms with E-state index in [1.165, 1.54) is 30.3 Å². The third-order valence-electron chi connectivity index (χ3n) is 4.23. The number of halogens is 1. The smallest absolute Gasteiger partial charge is 0.328 e. The van der Waals surface area contributed by atoms with E-state index in [1.807, 2.05) is 13.8 Å². The van der Waals surface area contributed by atoms with Crippen molar-refractivity contribution in [2.75, 3.05) is 10.6 Å². The number of H-pyrrole nitrogens is 1. The second-order valence-corrected chi connectivity index (χ2v) is 6.68. The zero-order chi connectivity index (χ0) is 20.4. The molecule has 28 heavy (non-hydrogen) atoms. The molecule has 0 unspecified atom stereocenters. The molecule has 8 heteroatoms. The average molecular weight is 384 g/mol. The van der Waals surface area contributed by atoms with Crippen LogP contribution in [0.4, 0.5) is 15.8 Å². The maximum atomic E-state index is 13.7. The quantitative estimate of drug-likeness (QED) is 0.630. The third-order valence-corrected chi connectivity index (χ3v) is 4.23. The fourth-order valence-electron chi connectivity index (χ4n) is 2.93. The van der Waals surface area contributed by atoms with Crippen molar-refractivity contribution in [1.82, 2.24) is 9.55 Å². The Hall–Kier alpha value is -3.42. The van der Waals surface area contributed by atoms with Crippen molar-refractivity contribution in [1.29, 1.82) is 0 Å². The molecule has 0 atom stereocenters. The summed E-state index contributed by atoms with van der Waals surface area (Å²) in [6.07, 6.45) is 0. The van der Waals surface area contributed by atoms with Crippen LogP contribution in [0.15, 0.2) is 46.0 Å². The van der Waals surface area contributed by atoms with Crippen molar-refractivity contribution in [3.63, 3.8) is 0 Å². The lowest BCUT2D eigenvalue weighted by Crippen LogP contribution is -2.34. The molecule has 0 spiro atoms. The molecule has 0 aliphatic heterocycles. The number of aromatic amines is 1. The Balaban J connectivity index is 1.98. The monoisotopic (exact) mass is 384 g/mol. The van der Waals surface area contributed by atoms with Gasteiger partial charge in [0.25, 0.3) is 11.5 Å². The lowest BCUT2D eigenvalue weighted by molar-refractivity contribution is 0.102. The van der Waals surface area contributed by atoms with E-state index in [-0.39, 0.29) is 23.7 Å². The van der Waals surface area contributed by atoms with Gasteiger partial charge in [-0.3, -0.25) is 14.2 Å². The largest absolute Gasteiger partial charge is 0.381 e. The highest BCUT2D eigenvalue weighted by Crippen LogP contribution is 2.24. The van der Waals surface area contributed by atoms with Crippen LogP contribution in [0.2, 0.25) is 0 Å². The second kappa shape index (κ2) is 7.67. The van der Waals surface area contributed by atoms with Gasteiger partial charge in [0, 0.05) is 18.2 Å². The van der Waals surface area contributed by atoms with Crippen LogP contribution in [-0.2, 0) is 6.54 Å². The number of rotatable bonds is 5. The Morgan fingerprint density at radius 2 is 1.89 bits per heavy atom. The zero-order valence-electron chi connectivity index (χ0n) is 15.8. The topological polar surface area (TPSA) is 96.0 Å². The minimum absolute atomic E-state index is 0.0904. The third kappa shape index (κ3) is 3.80. The van der Waals surface area contributed by atoms with E-state index in [0.29, 0.717) is 16.8 Å². The minimum atomic E-state index is -0.536. The molecule has 0 fully saturated rings. The van der Waals surface area contributed by atoms with Crippen LogP contribution >= 0.6 is 0 Å². The van der Waals surface area contributed by atoms with Gasteiger partial charge in [-0.05, 0) is 57.2 Å². The molecule has 0 radical (unpaired) electrons. The van der Waals surface area contributed by atoms with E-state index >= 15 is 0 Å². The molecular weight excluding hydrogens is 363 g/mol. The molecule has 7 nitrogen and oxygen atoms in total. The predicted octanol–water partition coefficient (Wildman–Crippen LogP) is 2.92. The predicted molar refractivity (Wildman–Crippen MR) is 108 cm³/mol. The van der Waals surface area contributed by atoms with Crippen LogP contribution in [0.25, 0.3) is 10.9 Å². The first-order valence-corrected chi connectivity index (χ1v) is 8.94. The number of nitrogens with one attached hydrogen (secondary N) is 3. The highest BCUT2D eigenvalue weighted by Gasteiger charge is 2.13. The van der Waals surface area contributed by atoms with Crippen LogP contribution < -0.4 is 21.9 Å². The summed E-state index contributed by atoms with van der Waals surface area (Å²) in [7, 11) is 0. The number of anilines is 2. The second-order valence-electron chi connectivity index (χ2n) is 6.68. The molecular formula is C20H21FN4O3. The number of amides is 1. The summed E-state index contributed by atoms with van der Waals surface area (Å²) in [5.41, 5.74) is 0.440. The van der Waals surface area contributed by atoms with E-state index in [1.54, 1.807) is 13.0 Å². The van der Waals surface area contributed by atoms with Crippen LogP contribution in [0.5, 0.6) is 0 Å². The molecule has 0 aliphatic rings. The molecule has 1 aromatic heterocycles. The van der Waals surface area contributed by atoms with Gasteiger partial charge in [-0.2, -0.15) is 0 Å². The molecule has 0 aliphatic carbocycles. The molecule has 0 saturated carbocycles. The normalized spacial score (nSPS) is 11.0. The van der Waals surface area contributed by atoms with Crippen molar-refractivity contribution in [3.05, 3.63) is 68.6 Å². The first kappa shape index (κ1) is 19.3. The van der Waals surface area contributed by atoms with E-state index in [0.717, 1.165) is 4.57 Å². The molecule has 3 rings (SSSR count).